The molecule has 1 aromatic carbocycles. The van der Waals surface area contributed by atoms with Gasteiger partial charge in [0.15, 0.2) is 5.25 Å². The molecule has 0 saturated carbocycles. The number of carbonyl (C=O) groups excluding carboxylic acids is 1. The lowest BCUT2D eigenvalue weighted by Gasteiger charge is -2.31. The number of anilines is 1. The van der Waals surface area contributed by atoms with Crippen molar-refractivity contribution in [2.24, 2.45) is 0 Å². The van der Waals surface area contributed by atoms with Crippen LogP contribution < -0.4 is 4.31 Å². The fourth-order valence-corrected chi connectivity index (χ4v) is 4.46. The molecule has 1 aliphatic rings. The molecule has 0 saturated heterocycles. The third-order valence-electron chi connectivity index (χ3n) is 4.11. The van der Waals surface area contributed by atoms with Crippen LogP contribution in [0, 0.1) is 0 Å². The van der Waals surface area contributed by atoms with Crippen molar-refractivity contribution >= 4 is 21.6 Å². The van der Waals surface area contributed by atoms with E-state index in [1.54, 1.807) is 14.1 Å². The van der Waals surface area contributed by atoms with Crippen LogP contribution in [0.25, 0.3) is 0 Å². The summed E-state index contributed by atoms with van der Waals surface area (Å²) in [6.45, 7) is 1.91. The van der Waals surface area contributed by atoms with Gasteiger partial charge in [0, 0.05) is 20.6 Å². The van der Waals surface area contributed by atoms with Crippen molar-refractivity contribution in [3.05, 3.63) is 29.8 Å². The molecule has 0 aliphatic carbocycles. The van der Waals surface area contributed by atoms with Gasteiger partial charge in [0.2, 0.25) is 15.9 Å². The lowest BCUT2D eigenvalue weighted by atomic mass is 10.0. The number of rotatable bonds is 3. The number of nitrogens with zero attached hydrogens (tertiary/aromatic N) is 2. The van der Waals surface area contributed by atoms with E-state index in [0.717, 1.165) is 36.9 Å². The first kappa shape index (κ1) is 16.8. The zero-order valence-corrected chi connectivity index (χ0v) is 14.3. The number of para-hydroxylation sites is 1. The lowest BCUT2D eigenvalue weighted by Crippen LogP contribution is -2.46. The van der Waals surface area contributed by atoms with E-state index in [1.807, 2.05) is 24.3 Å². The lowest BCUT2D eigenvalue weighted by molar-refractivity contribution is -0.127. The molecule has 0 N–H and O–H groups in total. The van der Waals surface area contributed by atoms with Gasteiger partial charge in [-0.2, -0.15) is 0 Å². The fourth-order valence-electron chi connectivity index (χ4n) is 2.78. The van der Waals surface area contributed by atoms with Gasteiger partial charge in [-0.1, -0.05) is 24.6 Å². The van der Waals surface area contributed by atoms with Gasteiger partial charge in [0.05, 0.1) is 5.69 Å². The van der Waals surface area contributed by atoms with Gasteiger partial charge >= 0.3 is 0 Å². The van der Waals surface area contributed by atoms with Crippen LogP contribution >= 0.6 is 0 Å². The van der Waals surface area contributed by atoms with Crippen molar-refractivity contribution in [3.8, 4) is 0 Å². The Labute approximate surface area is 133 Å². The number of benzene rings is 1. The van der Waals surface area contributed by atoms with Gasteiger partial charge < -0.3 is 4.90 Å². The van der Waals surface area contributed by atoms with E-state index >= 15 is 0 Å². The zero-order chi connectivity index (χ0) is 16.3. The molecule has 1 atom stereocenters. The third-order valence-corrected chi connectivity index (χ3v) is 6.20. The Morgan fingerprint density at radius 3 is 2.55 bits per heavy atom. The first-order valence-corrected chi connectivity index (χ1v) is 9.16. The summed E-state index contributed by atoms with van der Waals surface area (Å²) in [6, 6.07) is 7.59. The average Bonchev–Trinajstić information content (AvgIpc) is 2.46. The summed E-state index contributed by atoms with van der Waals surface area (Å²) in [4.78, 5) is 13.4. The van der Waals surface area contributed by atoms with Crippen molar-refractivity contribution in [1.29, 1.82) is 0 Å². The van der Waals surface area contributed by atoms with Crippen molar-refractivity contribution in [2.45, 2.75) is 37.9 Å². The van der Waals surface area contributed by atoms with Crippen LogP contribution in [0.15, 0.2) is 24.3 Å². The molecular weight excluding hydrogens is 300 g/mol. The summed E-state index contributed by atoms with van der Waals surface area (Å²) in [7, 11) is -0.559. The van der Waals surface area contributed by atoms with Gasteiger partial charge in [0.25, 0.3) is 0 Å². The van der Waals surface area contributed by atoms with Crippen LogP contribution in [0.2, 0.25) is 0 Å². The SMILES string of the molecule is CC(C(=O)N(C)C)S(=O)(=O)N1CCCCCc2ccccc21. The molecule has 1 unspecified atom stereocenters. The van der Waals surface area contributed by atoms with E-state index in [0.29, 0.717) is 6.54 Å². The van der Waals surface area contributed by atoms with E-state index < -0.39 is 15.3 Å². The van der Waals surface area contributed by atoms with Gasteiger partial charge in [0.1, 0.15) is 0 Å². The molecule has 0 radical (unpaired) electrons. The van der Waals surface area contributed by atoms with Crippen LogP contribution in [0.4, 0.5) is 5.69 Å². The van der Waals surface area contributed by atoms with E-state index in [9.17, 15) is 13.2 Å². The first-order valence-electron chi connectivity index (χ1n) is 7.66. The maximum Gasteiger partial charge on any atom is 0.246 e. The van der Waals surface area contributed by atoms with Crippen molar-refractivity contribution < 1.29 is 13.2 Å². The summed E-state index contributed by atoms with van der Waals surface area (Å²) >= 11 is 0. The molecule has 0 bridgehead atoms. The normalized spacial score (nSPS) is 17.1. The number of sulfonamides is 1. The second kappa shape index (κ2) is 6.69. The molecule has 1 aromatic rings. The van der Waals surface area contributed by atoms with Crippen LogP contribution in [0.5, 0.6) is 0 Å². The van der Waals surface area contributed by atoms with Crippen molar-refractivity contribution in [2.75, 3.05) is 24.9 Å². The summed E-state index contributed by atoms with van der Waals surface area (Å²) in [5.74, 6) is -0.389. The van der Waals surface area contributed by atoms with Gasteiger partial charge in [-0.3, -0.25) is 9.10 Å². The molecule has 2 rings (SSSR count). The molecule has 1 amide bonds. The fraction of sp³-hybridized carbons (Fsp3) is 0.562. The van der Waals surface area contributed by atoms with E-state index in [-0.39, 0.29) is 5.91 Å². The average molecular weight is 324 g/mol. The molecule has 122 valence electrons. The van der Waals surface area contributed by atoms with Crippen LogP contribution in [0.3, 0.4) is 0 Å². The van der Waals surface area contributed by atoms with Gasteiger partial charge in [-0.15, -0.1) is 0 Å². The maximum absolute atomic E-state index is 12.9. The standard InChI is InChI=1S/C16H24N2O3S/c1-13(16(19)17(2)3)22(20,21)18-12-8-4-5-9-14-10-6-7-11-15(14)18/h6-7,10-11,13H,4-5,8-9,12H2,1-3H3. The number of amides is 1. The Hall–Kier alpha value is -1.56. The number of aryl methyl sites for hydroxylation is 1. The van der Waals surface area contributed by atoms with Crippen LogP contribution in [-0.4, -0.2) is 45.1 Å². The molecular formula is C16H24N2O3S. The Kier molecular flexibility index (Phi) is 5.11. The summed E-state index contributed by atoms with van der Waals surface area (Å²) in [5, 5.41) is -1.07. The first-order chi connectivity index (χ1) is 10.4. The second-order valence-electron chi connectivity index (χ2n) is 5.93. The molecule has 0 aromatic heterocycles. The molecule has 0 spiro atoms. The molecule has 5 nitrogen and oxygen atoms in total. The highest BCUT2D eigenvalue weighted by Gasteiger charge is 2.35. The highest BCUT2D eigenvalue weighted by molar-refractivity contribution is 7.94. The quantitative estimate of drug-likeness (QED) is 0.855. The molecule has 1 heterocycles. The molecule has 6 heteroatoms. The predicted octanol–water partition coefficient (Wildman–Crippen LogP) is 2.03. The smallest absolute Gasteiger partial charge is 0.246 e. The zero-order valence-electron chi connectivity index (χ0n) is 13.4. The summed E-state index contributed by atoms with van der Waals surface area (Å²) in [6.07, 6.45) is 3.75. The Bertz CT molecular complexity index is 641. The minimum atomic E-state index is -3.72. The summed E-state index contributed by atoms with van der Waals surface area (Å²) < 4.78 is 27.3. The van der Waals surface area contributed by atoms with E-state index in [4.69, 9.17) is 0 Å². The van der Waals surface area contributed by atoms with E-state index in [2.05, 4.69) is 0 Å². The molecule has 1 aliphatic heterocycles. The van der Waals surface area contributed by atoms with Crippen molar-refractivity contribution in [1.82, 2.24) is 4.90 Å². The summed E-state index contributed by atoms with van der Waals surface area (Å²) in [5.41, 5.74) is 1.76. The molecule has 0 fully saturated rings. The third kappa shape index (κ3) is 3.27. The van der Waals surface area contributed by atoms with Gasteiger partial charge in [-0.25, -0.2) is 8.42 Å². The number of hydrogen-bond donors (Lipinski definition) is 0. The second-order valence-corrected chi connectivity index (χ2v) is 8.11. The minimum absolute atomic E-state index is 0.389. The minimum Gasteiger partial charge on any atom is -0.348 e. The Morgan fingerprint density at radius 1 is 1.18 bits per heavy atom. The van der Waals surface area contributed by atoms with Crippen LogP contribution in [-0.2, 0) is 21.2 Å². The predicted molar refractivity (Wildman–Crippen MR) is 88.4 cm³/mol. The van der Waals surface area contributed by atoms with Crippen molar-refractivity contribution in [3.63, 3.8) is 0 Å². The van der Waals surface area contributed by atoms with E-state index in [1.165, 1.54) is 16.1 Å². The largest absolute Gasteiger partial charge is 0.348 e. The number of hydrogen-bond acceptors (Lipinski definition) is 3. The highest BCUT2D eigenvalue weighted by Crippen LogP contribution is 2.29. The number of carbonyl (C=O) groups is 1. The van der Waals surface area contributed by atoms with Crippen LogP contribution in [0.1, 0.15) is 31.7 Å². The highest BCUT2D eigenvalue weighted by atomic mass is 32.2. The Balaban J connectivity index is 2.44. The Morgan fingerprint density at radius 2 is 1.86 bits per heavy atom. The topological polar surface area (TPSA) is 57.7 Å². The monoisotopic (exact) mass is 324 g/mol. The number of fused-ring (bicyclic) bond motifs is 1. The maximum atomic E-state index is 12.9. The molecule has 22 heavy (non-hydrogen) atoms. The van der Waals surface area contributed by atoms with Gasteiger partial charge in [-0.05, 0) is 37.8 Å².